The molecule has 84 valence electrons. The van der Waals surface area contributed by atoms with Gasteiger partial charge in [-0.1, -0.05) is 5.92 Å². The first-order chi connectivity index (χ1) is 7.58. The molecule has 16 heavy (non-hydrogen) atoms. The molecule has 0 aliphatic heterocycles. The van der Waals surface area contributed by atoms with Crippen molar-refractivity contribution in [1.82, 2.24) is 9.88 Å². The Bertz CT molecular complexity index is 485. The van der Waals surface area contributed by atoms with Gasteiger partial charge < -0.3 is 10.0 Å². The van der Waals surface area contributed by atoms with Crippen molar-refractivity contribution < 1.29 is 9.90 Å². The van der Waals surface area contributed by atoms with E-state index in [4.69, 9.17) is 11.5 Å². The van der Waals surface area contributed by atoms with Gasteiger partial charge in [-0.05, 0) is 6.92 Å². The standard InChI is InChI=1S/C11H12N2O3/c1-3-5-13(4-2)11(16)8-6-9(14)12-10(15)7-8/h1,6-7H,4-5H2,2H3,(H2,12,14,15). The van der Waals surface area contributed by atoms with Gasteiger partial charge in [0, 0.05) is 18.7 Å². The van der Waals surface area contributed by atoms with E-state index in [-0.39, 0.29) is 23.9 Å². The van der Waals surface area contributed by atoms with Crippen LogP contribution < -0.4 is 5.56 Å². The number of terminal acetylenes is 1. The number of hydrogen-bond acceptors (Lipinski definition) is 3. The zero-order chi connectivity index (χ0) is 12.1. The van der Waals surface area contributed by atoms with Crippen LogP contribution in [0.3, 0.4) is 0 Å². The van der Waals surface area contributed by atoms with E-state index in [0.717, 1.165) is 6.07 Å². The number of nitrogens with zero attached hydrogens (tertiary/aromatic N) is 1. The summed E-state index contributed by atoms with van der Waals surface area (Å²) in [4.78, 5) is 26.4. The Morgan fingerprint density at radius 1 is 1.62 bits per heavy atom. The second-order valence-electron chi connectivity index (χ2n) is 3.14. The lowest BCUT2D eigenvalue weighted by Crippen LogP contribution is -2.31. The van der Waals surface area contributed by atoms with E-state index in [9.17, 15) is 9.59 Å². The molecule has 0 unspecified atom stereocenters. The van der Waals surface area contributed by atoms with Crippen molar-refractivity contribution in [2.75, 3.05) is 13.1 Å². The smallest absolute Gasteiger partial charge is 0.255 e. The molecule has 0 saturated heterocycles. The minimum atomic E-state index is -0.528. The van der Waals surface area contributed by atoms with Crippen LogP contribution in [0.4, 0.5) is 0 Å². The topological polar surface area (TPSA) is 73.4 Å². The molecule has 5 nitrogen and oxygen atoms in total. The average Bonchev–Trinajstić information content (AvgIpc) is 2.23. The Kier molecular flexibility index (Phi) is 3.72. The number of pyridine rings is 1. The van der Waals surface area contributed by atoms with Crippen molar-refractivity contribution in [3.8, 4) is 18.2 Å². The van der Waals surface area contributed by atoms with Crippen molar-refractivity contribution in [3.63, 3.8) is 0 Å². The molecule has 1 aromatic heterocycles. The molecule has 0 aromatic carbocycles. The van der Waals surface area contributed by atoms with Gasteiger partial charge >= 0.3 is 0 Å². The van der Waals surface area contributed by atoms with E-state index in [1.54, 1.807) is 6.92 Å². The fraction of sp³-hybridized carbons (Fsp3) is 0.273. The number of aromatic hydroxyl groups is 1. The first-order valence-electron chi connectivity index (χ1n) is 4.74. The predicted octanol–water partition coefficient (Wildman–Crippen LogP) is 0.176. The lowest BCUT2D eigenvalue weighted by molar-refractivity contribution is 0.0784. The van der Waals surface area contributed by atoms with E-state index in [1.165, 1.54) is 11.0 Å². The van der Waals surface area contributed by atoms with Crippen molar-refractivity contribution in [3.05, 3.63) is 28.0 Å². The monoisotopic (exact) mass is 220 g/mol. The molecule has 0 spiro atoms. The molecule has 2 N–H and O–H groups in total. The first-order valence-corrected chi connectivity index (χ1v) is 4.74. The Morgan fingerprint density at radius 2 is 2.31 bits per heavy atom. The van der Waals surface area contributed by atoms with Crippen molar-refractivity contribution in [1.29, 1.82) is 0 Å². The van der Waals surface area contributed by atoms with Crippen LogP contribution in [-0.4, -0.2) is 34.0 Å². The molecule has 0 radical (unpaired) electrons. The second-order valence-corrected chi connectivity index (χ2v) is 3.14. The van der Waals surface area contributed by atoms with Gasteiger partial charge in [0.25, 0.3) is 11.5 Å². The number of amides is 1. The maximum atomic E-state index is 11.8. The zero-order valence-electron chi connectivity index (χ0n) is 8.86. The lowest BCUT2D eigenvalue weighted by atomic mass is 10.2. The largest absolute Gasteiger partial charge is 0.494 e. The van der Waals surface area contributed by atoms with Gasteiger partial charge in [-0.15, -0.1) is 6.42 Å². The number of nitrogens with one attached hydrogen (secondary N) is 1. The molecule has 0 bridgehead atoms. The first kappa shape index (κ1) is 11.9. The molecule has 0 saturated carbocycles. The van der Waals surface area contributed by atoms with Gasteiger partial charge in [-0.2, -0.15) is 0 Å². The van der Waals surface area contributed by atoms with Crippen LogP contribution in [0.5, 0.6) is 5.88 Å². The summed E-state index contributed by atoms with van der Waals surface area (Å²) in [6, 6.07) is 2.32. The number of carbonyl (C=O) groups is 1. The predicted molar refractivity (Wildman–Crippen MR) is 59.1 cm³/mol. The lowest BCUT2D eigenvalue weighted by Gasteiger charge is -2.17. The maximum absolute atomic E-state index is 11.8. The summed E-state index contributed by atoms with van der Waals surface area (Å²) in [5.74, 6) is 1.64. The van der Waals surface area contributed by atoms with Crippen LogP contribution in [0.1, 0.15) is 17.3 Å². The molecule has 1 aromatic rings. The molecule has 0 aliphatic carbocycles. The van der Waals surface area contributed by atoms with Crippen LogP contribution in [0.15, 0.2) is 16.9 Å². The summed E-state index contributed by atoms with van der Waals surface area (Å²) in [5.41, 5.74) is -0.404. The van der Waals surface area contributed by atoms with Crippen molar-refractivity contribution >= 4 is 5.91 Å². The molecule has 0 fully saturated rings. The third-order valence-corrected chi connectivity index (χ3v) is 2.03. The average molecular weight is 220 g/mol. The van der Waals surface area contributed by atoms with Crippen LogP contribution in [0.25, 0.3) is 0 Å². The van der Waals surface area contributed by atoms with Gasteiger partial charge in [0.05, 0.1) is 12.1 Å². The maximum Gasteiger partial charge on any atom is 0.255 e. The van der Waals surface area contributed by atoms with E-state index in [1.807, 2.05) is 0 Å². The molecular formula is C11H12N2O3. The fourth-order valence-corrected chi connectivity index (χ4v) is 1.27. The number of aromatic nitrogens is 1. The molecule has 5 heteroatoms. The Morgan fingerprint density at radius 3 is 2.81 bits per heavy atom. The van der Waals surface area contributed by atoms with E-state index >= 15 is 0 Å². The third kappa shape index (κ3) is 2.64. The van der Waals surface area contributed by atoms with Crippen LogP contribution in [0.2, 0.25) is 0 Å². The number of aromatic amines is 1. The van der Waals surface area contributed by atoms with Gasteiger partial charge in [0.15, 0.2) is 5.88 Å². The summed E-state index contributed by atoms with van der Waals surface area (Å²) in [5, 5.41) is 9.16. The number of carbonyl (C=O) groups excluding carboxylic acids is 1. The third-order valence-electron chi connectivity index (χ3n) is 2.03. The Hall–Kier alpha value is -2.22. The van der Waals surface area contributed by atoms with Crippen LogP contribution in [-0.2, 0) is 0 Å². The summed E-state index contributed by atoms with van der Waals surface area (Å²) >= 11 is 0. The van der Waals surface area contributed by atoms with E-state index < -0.39 is 5.56 Å². The number of H-pyrrole nitrogens is 1. The number of hydrogen-bond donors (Lipinski definition) is 2. The van der Waals surface area contributed by atoms with Crippen LogP contribution in [0, 0.1) is 12.3 Å². The van der Waals surface area contributed by atoms with Gasteiger partial charge in [0.2, 0.25) is 0 Å². The van der Waals surface area contributed by atoms with Gasteiger partial charge in [0.1, 0.15) is 0 Å². The van der Waals surface area contributed by atoms with E-state index in [2.05, 4.69) is 10.9 Å². The van der Waals surface area contributed by atoms with Crippen molar-refractivity contribution in [2.24, 2.45) is 0 Å². The molecule has 1 rings (SSSR count). The summed E-state index contributed by atoms with van der Waals surface area (Å²) in [7, 11) is 0. The summed E-state index contributed by atoms with van der Waals surface area (Å²) in [6.45, 7) is 2.39. The fourth-order valence-electron chi connectivity index (χ4n) is 1.27. The minimum absolute atomic E-state index is 0.123. The van der Waals surface area contributed by atoms with Gasteiger partial charge in [-0.25, -0.2) is 0 Å². The molecule has 0 aliphatic rings. The summed E-state index contributed by atoms with van der Waals surface area (Å²) < 4.78 is 0. The highest BCUT2D eigenvalue weighted by Gasteiger charge is 2.14. The van der Waals surface area contributed by atoms with Crippen LogP contribution >= 0.6 is 0 Å². The quantitative estimate of drug-likeness (QED) is 0.713. The molecule has 1 heterocycles. The van der Waals surface area contributed by atoms with Gasteiger partial charge in [-0.3, -0.25) is 14.6 Å². The normalized spacial score (nSPS) is 9.50. The molecular weight excluding hydrogens is 208 g/mol. The summed E-state index contributed by atoms with van der Waals surface area (Å²) in [6.07, 6.45) is 5.12. The molecule has 1 amide bonds. The Balaban J connectivity index is 3.04. The minimum Gasteiger partial charge on any atom is -0.494 e. The van der Waals surface area contributed by atoms with E-state index in [0.29, 0.717) is 6.54 Å². The highest BCUT2D eigenvalue weighted by Crippen LogP contribution is 2.07. The SMILES string of the molecule is C#CCN(CC)C(=O)c1cc(O)[nH]c(=O)c1. The zero-order valence-corrected chi connectivity index (χ0v) is 8.86. The molecule has 0 atom stereocenters. The number of rotatable bonds is 3. The highest BCUT2D eigenvalue weighted by molar-refractivity contribution is 5.94. The highest BCUT2D eigenvalue weighted by atomic mass is 16.3. The van der Waals surface area contributed by atoms with Crippen molar-refractivity contribution in [2.45, 2.75) is 6.92 Å². The Labute approximate surface area is 92.7 Å². The second kappa shape index (κ2) is 5.03.